The molecule has 100 valence electrons. The average molecular weight is 247 g/mol. The maximum Gasteiger partial charge on any atom is 0.229 e. The summed E-state index contributed by atoms with van der Waals surface area (Å²) in [5.41, 5.74) is 2.23. The normalized spacial score (nSPS) is 10.7. The summed E-state index contributed by atoms with van der Waals surface area (Å²) in [5.74, 6) is 0.270. The Kier molecular flexibility index (Phi) is 5.90. The van der Waals surface area contributed by atoms with Crippen molar-refractivity contribution in [2.24, 2.45) is 5.92 Å². The van der Waals surface area contributed by atoms with E-state index >= 15 is 0 Å². The van der Waals surface area contributed by atoms with Gasteiger partial charge in [-0.3, -0.25) is 4.79 Å². The number of unbranched alkanes of at least 4 members (excludes halogenated alkanes) is 2. The van der Waals surface area contributed by atoms with Crippen molar-refractivity contribution in [1.82, 2.24) is 0 Å². The summed E-state index contributed by atoms with van der Waals surface area (Å²) in [6.07, 6.45) is 3.43. The van der Waals surface area contributed by atoms with Gasteiger partial charge in [-0.15, -0.1) is 0 Å². The molecule has 0 atom stereocenters. The molecular weight excluding hydrogens is 222 g/mol. The zero-order valence-corrected chi connectivity index (χ0v) is 12.1. The first-order valence-corrected chi connectivity index (χ1v) is 6.95. The van der Waals surface area contributed by atoms with E-state index in [9.17, 15) is 4.79 Å². The molecule has 0 bridgehead atoms. The molecule has 1 aromatic rings. The van der Waals surface area contributed by atoms with Gasteiger partial charge in [0.1, 0.15) is 0 Å². The second kappa shape index (κ2) is 7.20. The summed E-state index contributed by atoms with van der Waals surface area (Å²) in [6.45, 7) is 9.01. The molecule has 1 aromatic carbocycles. The Labute approximate surface area is 111 Å². The molecule has 2 heteroatoms. The predicted molar refractivity (Wildman–Crippen MR) is 77.9 cm³/mol. The summed E-state index contributed by atoms with van der Waals surface area (Å²) >= 11 is 0. The highest BCUT2D eigenvalue weighted by atomic mass is 16.2. The molecule has 1 amide bonds. The van der Waals surface area contributed by atoms with Crippen molar-refractivity contribution in [3.63, 3.8) is 0 Å². The Morgan fingerprint density at radius 1 is 1.22 bits per heavy atom. The van der Waals surface area contributed by atoms with Crippen LogP contribution >= 0.6 is 0 Å². The van der Waals surface area contributed by atoms with Crippen LogP contribution in [-0.4, -0.2) is 12.5 Å². The van der Waals surface area contributed by atoms with Gasteiger partial charge < -0.3 is 4.90 Å². The number of hydrogen-bond acceptors (Lipinski definition) is 1. The van der Waals surface area contributed by atoms with Crippen LogP contribution in [0, 0.1) is 12.8 Å². The number of carbonyl (C=O) groups excluding carboxylic acids is 1. The van der Waals surface area contributed by atoms with Crippen molar-refractivity contribution in [3.8, 4) is 0 Å². The number of aryl methyl sites for hydroxylation is 1. The highest BCUT2D eigenvalue weighted by molar-refractivity contribution is 5.95. The van der Waals surface area contributed by atoms with Crippen LogP contribution in [-0.2, 0) is 4.79 Å². The van der Waals surface area contributed by atoms with Gasteiger partial charge >= 0.3 is 0 Å². The van der Waals surface area contributed by atoms with E-state index in [2.05, 4.69) is 19.9 Å². The van der Waals surface area contributed by atoms with Gasteiger partial charge in [-0.25, -0.2) is 0 Å². The quantitative estimate of drug-likeness (QED) is 0.691. The lowest BCUT2D eigenvalue weighted by Crippen LogP contribution is -2.35. The van der Waals surface area contributed by atoms with Crippen LogP contribution in [0.2, 0.25) is 0 Å². The molecule has 0 radical (unpaired) electrons. The molecule has 0 unspecified atom stereocenters. The minimum atomic E-state index is 0.0474. The monoisotopic (exact) mass is 247 g/mol. The first-order valence-electron chi connectivity index (χ1n) is 6.95. The molecule has 1 rings (SSSR count). The highest BCUT2D eigenvalue weighted by Crippen LogP contribution is 2.22. The predicted octanol–water partition coefficient (Wildman–Crippen LogP) is 4.17. The van der Waals surface area contributed by atoms with Gasteiger partial charge in [-0.1, -0.05) is 51.8 Å². The molecule has 2 nitrogen and oxygen atoms in total. The maximum atomic E-state index is 12.3. The summed E-state index contributed by atoms with van der Waals surface area (Å²) in [7, 11) is 0. The van der Waals surface area contributed by atoms with Crippen molar-refractivity contribution in [1.29, 1.82) is 0 Å². The van der Waals surface area contributed by atoms with Crippen LogP contribution in [0.15, 0.2) is 24.3 Å². The van der Waals surface area contributed by atoms with Crippen LogP contribution in [0.3, 0.4) is 0 Å². The van der Waals surface area contributed by atoms with Crippen LogP contribution in [0.25, 0.3) is 0 Å². The number of benzene rings is 1. The molecule has 0 saturated heterocycles. The van der Waals surface area contributed by atoms with E-state index in [4.69, 9.17) is 0 Å². The molecule has 0 aromatic heterocycles. The second-order valence-electron chi connectivity index (χ2n) is 5.14. The van der Waals surface area contributed by atoms with Crippen molar-refractivity contribution in [3.05, 3.63) is 29.8 Å². The van der Waals surface area contributed by atoms with Crippen molar-refractivity contribution in [2.45, 2.75) is 47.0 Å². The Morgan fingerprint density at radius 3 is 2.44 bits per heavy atom. The number of rotatable bonds is 6. The summed E-state index contributed by atoms with van der Waals surface area (Å²) < 4.78 is 0. The lowest BCUT2D eigenvalue weighted by molar-refractivity contribution is -0.121. The van der Waals surface area contributed by atoms with Gasteiger partial charge in [0.25, 0.3) is 0 Å². The number of hydrogen-bond donors (Lipinski definition) is 0. The molecule has 0 aliphatic heterocycles. The number of anilines is 1. The minimum Gasteiger partial charge on any atom is -0.312 e. The van der Waals surface area contributed by atoms with E-state index in [-0.39, 0.29) is 11.8 Å². The Hall–Kier alpha value is -1.31. The number of para-hydroxylation sites is 1. The fourth-order valence-corrected chi connectivity index (χ4v) is 2.05. The maximum absolute atomic E-state index is 12.3. The van der Waals surface area contributed by atoms with E-state index in [1.54, 1.807) is 0 Å². The van der Waals surface area contributed by atoms with Crippen LogP contribution in [0.4, 0.5) is 5.69 Å². The van der Waals surface area contributed by atoms with Gasteiger partial charge in [0.15, 0.2) is 0 Å². The number of amides is 1. The number of carbonyl (C=O) groups is 1. The third kappa shape index (κ3) is 3.86. The molecule has 0 N–H and O–H groups in total. The zero-order valence-electron chi connectivity index (χ0n) is 12.1. The van der Waals surface area contributed by atoms with Gasteiger partial charge in [0, 0.05) is 18.2 Å². The third-order valence-electron chi connectivity index (χ3n) is 3.15. The minimum absolute atomic E-state index is 0.0474. The number of nitrogens with zero attached hydrogens (tertiary/aromatic N) is 1. The average Bonchev–Trinajstić information content (AvgIpc) is 2.35. The molecule has 0 aliphatic rings. The van der Waals surface area contributed by atoms with Gasteiger partial charge in [-0.2, -0.15) is 0 Å². The smallest absolute Gasteiger partial charge is 0.229 e. The second-order valence-corrected chi connectivity index (χ2v) is 5.14. The fourth-order valence-electron chi connectivity index (χ4n) is 2.05. The van der Waals surface area contributed by atoms with Gasteiger partial charge in [-0.05, 0) is 25.0 Å². The molecule has 0 spiro atoms. The van der Waals surface area contributed by atoms with Crippen molar-refractivity contribution >= 4 is 11.6 Å². The summed E-state index contributed by atoms with van der Waals surface area (Å²) in [6, 6.07) is 8.13. The van der Waals surface area contributed by atoms with Crippen molar-refractivity contribution < 1.29 is 4.79 Å². The van der Waals surface area contributed by atoms with E-state index < -0.39 is 0 Å². The molecule has 18 heavy (non-hydrogen) atoms. The highest BCUT2D eigenvalue weighted by Gasteiger charge is 2.19. The molecule has 0 fully saturated rings. The zero-order chi connectivity index (χ0) is 13.5. The lowest BCUT2D eigenvalue weighted by Gasteiger charge is -2.26. The van der Waals surface area contributed by atoms with Crippen molar-refractivity contribution in [2.75, 3.05) is 11.4 Å². The van der Waals surface area contributed by atoms with Crippen LogP contribution in [0.1, 0.15) is 45.6 Å². The Balaban J connectivity index is 2.90. The standard InChI is InChI=1S/C16H25NO/c1-5-6-9-12-17(16(18)13(2)3)15-11-8-7-10-14(15)4/h7-8,10-11,13H,5-6,9,12H2,1-4H3. The van der Waals surface area contributed by atoms with E-state index in [0.29, 0.717) is 0 Å². The molecular formula is C16H25NO. The third-order valence-corrected chi connectivity index (χ3v) is 3.15. The Morgan fingerprint density at radius 2 is 1.89 bits per heavy atom. The van der Waals surface area contributed by atoms with Gasteiger partial charge in [0.2, 0.25) is 5.91 Å². The lowest BCUT2D eigenvalue weighted by atomic mass is 10.1. The first kappa shape index (κ1) is 14.7. The SMILES string of the molecule is CCCCCN(C(=O)C(C)C)c1ccccc1C. The Bertz CT molecular complexity index is 384. The topological polar surface area (TPSA) is 20.3 Å². The molecule has 0 heterocycles. The van der Waals surface area contributed by atoms with E-state index in [1.807, 2.05) is 36.9 Å². The summed E-state index contributed by atoms with van der Waals surface area (Å²) in [5, 5.41) is 0. The molecule has 0 aliphatic carbocycles. The van der Waals surface area contributed by atoms with E-state index in [1.165, 1.54) is 18.4 Å². The summed E-state index contributed by atoms with van der Waals surface area (Å²) in [4.78, 5) is 14.3. The van der Waals surface area contributed by atoms with Gasteiger partial charge in [0.05, 0.1) is 0 Å². The van der Waals surface area contributed by atoms with Crippen LogP contribution < -0.4 is 4.90 Å². The largest absolute Gasteiger partial charge is 0.312 e. The van der Waals surface area contributed by atoms with Crippen LogP contribution in [0.5, 0.6) is 0 Å². The first-order chi connectivity index (χ1) is 8.57. The molecule has 0 saturated carbocycles. The van der Waals surface area contributed by atoms with E-state index in [0.717, 1.165) is 18.7 Å². The fraction of sp³-hybridized carbons (Fsp3) is 0.562.